The minimum atomic E-state index is -0.345. The average molecular weight is 449 g/mol. The summed E-state index contributed by atoms with van der Waals surface area (Å²) in [6.07, 6.45) is 6.66. The first-order chi connectivity index (χ1) is 15.1. The number of methoxy groups -OCH3 is 2. The molecule has 1 aromatic carbocycles. The van der Waals surface area contributed by atoms with Gasteiger partial charge in [-0.3, -0.25) is 4.79 Å². The van der Waals surface area contributed by atoms with Crippen molar-refractivity contribution in [2.24, 2.45) is 0 Å². The molecular formula is C27H44O5. The lowest BCUT2D eigenvalue weighted by atomic mass is 9.77. The fraction of sp³-hybridized carbons (Fsp3) is 0.667. The van der Waals surface area contributed by atoms with Gasteiger partial charge in [0, 0.05) is 32.3 Å². The van der Waals surface area contributed by atoms with E-state index >= 15 is 0 Å². The second-order valence-electron chi connectivity index (χ2n) is 9.16. The maximum atomic E-state index is 11.4. The molecule has 0 aromatic heterocycles. The first kappa shape index (κ1) is 28.2. The molecule has 0 aliphatic heterocycles. The lowest BCUT2D eigenvalue weighted by molar-refractivity contribution is -0.138. The summed E-state index contributed by atoms with van der Waals surface area (Å²) in [6.45, 7) is 14.0. The molecule has 0 unspecified atom stereocenters. The molecule has 1 rings (SSSR count). The summed E-state index contributed by atoms with van der Waals surface area (Å²) < 4.78 is 22.9. The van der Waals surface area contributed by atoms with Gasteiger partial charge in [-0.05, 0) is 31.0 Å². The lowest BCUT2D eigenvalue weighted by Gasteiger charge is -2.38. The van der Waals surface area contributed by atoms with Crippen molar-refractivity contribution >= 4 is 5.97 Å². The molecule has 182 valence electrons. The normalized spacial score (nSPS) is 14.5. The highest BCUT2D eigenvalue weighted by atomic mass is 16.5. The number of hydrogen-bond donors (Lipinski definition) is 0. The summed E-state index contributed by atoms with van der Waals surface area (Å²) in [5, 5.41) is 0. The standard InChI is InChI=1S/C27H44O5/c1-9-10-11-12-13-25(18-21(3)31-22(4)28)32-26(19-20(2)29-7)27(5,6)23-14-16-24(30-8)17-15-23/h14-17,20,25-26H,3,9-13,18-19H2,1-2,4-8H3/t20-,25+,26-/m1/s1. The largest absolute Gasteiger partial charge is 0.497 e. The molecule has 0 amide bonds. The zero-order chi connectivity index (χ0) is 24.1. The van der Waals surface area contributed by atoms with Crippen LogP contribution in [0.5, 0.6) is 5.75 Å². The van der Waals surface area contributed by atoms with Crippen LogP contribution in [0, 0.1) is 0 Å². The maximum Gasteiger partial charge on any atom is 0.307 e. The van der Waals surface area contributed by atoms with Crippen LogP contribution < -0.4 is 4.74 Å². The van der Waals surface area contributed by atoms with Gasteiger partial charge in [0.15, 0.2) is 0 Å². The van der Waals surface area contributed by atoms with Crippen LogP contribution in [-0.2, 0) is 24.4 Å². The van der Waals surface area contributed by atoms with Gasteiger partial charge in [-0.1, -0.05) is 65.2 Å². The number of benzene rings is 1. The highest BCUT2D eigenvalue weighted by molar-refractivity contribution is 5.67. The molecule has 0 spiro atoms. The van der Waals surface area contributed by atoms with E-state index in [4.69, 9.17) is 18.9 Å². The second kappa shape index (κ2) is 14.3. The first-order valence-corrected chi connectivity index (χ1v) is 11.8. The first-order valence-electron chi connectivity index (χ1n) is 11.8. The summed E-state index contributed by atoms with van der Waals surface area (Å²) in [7, 11) is 3.40. The Morgan fingerprint density at radius 2 is 1.75 bits per heavy atom. The minimum absolute atomic E-state index is 0.0509. The van der Waals surface area contributed by atoms with Crippen LogP contribution in [-0.4, -0.2) is 38.5 Å². The molecule has 0 aliphatic carbocycles. The number of rotatable bonds is 16. The van der Waals surface area contributed by atoms with E-state index in [2.05, 4.69) is 46.4 Å². The molecule has 0 heterocycles. The van der Waals surface area contributed by atoms with Crippen molar-refractivity contribution in [2.75, 3.05) is 14.2 Å². The predicted molar refractivity (Wildman–Crippen MR) is 130 cm³/mol. The molecule has 0 radical (unpaired) electrons. The van der Waals surface area contributed by atoms with Crippen LogP contribution in [0.1, 0.15) is 85.1 Å². The van der Waals surface area contributed by atoms with Gasteiger partial charge in [-0.25, -0.2) is 0 Å². The van der Waals surface area contributed by atoms with Crippen LogP contribution >= 0.6 is 0 Å². The molecule has 0 saturated heterocycles. The Balaban J connectivity index is 3.10. The van der Waals surface area contributed by atoms with E-state index in [1.807, 2.05) is 12.1 Å². The molecule has 32 heavy (non-hydrogen) atoms. The highest BCUT2D eigenvalue weighted by Gasteiger charge is 2.35. The van der Waals surface area contributed by atoms with Crippen LogP contribution in [0.15, 0.2) is 36.6 Å². The van der Waals surface area contributed by atoms with E-state index in [9.17, 15) is 4.79 Å². The zero-order valence-electron chi connectivity index (χ0n) is 21.2. The van der Waals surface area contributed by atoms with Gasteiger partial charge < -0.3 is 18.9 Å². The zero-order valence-corrected chi connectivity index (χ0v) is 21.2. The molecule has 5 nitrogen and oxygen atoms in total. The second-order valence-corrected chi connectivity index (χ2v) is 9.16. The molecular weight excluding hydrogens is 404 g/mol. The van der Waals surface area contributed by atoms with Crippen molar-refractivity contribution in [1.82, 2.24) is 0 Å². The maximum absolute atomic E-state index is 11.4. The topological polar surface area (TPSA) is 54.0 Å². The number of ether oxygens (including phenoxy) is 4. The SMILES string of the molecule is C=C(C[C@H](CCCCCC)O[C@H](C[C@@H](C)OC)C(C)(C)c1ccc(OC)cc1)OC(C)=O. The van der Waals surface area contributed by atoms with Gasteiger partial charge in [0.1, 0.15) is 11.5 Å². The van der Waals surface area contributed by atoms with E-state index < -0.39 is 0 Å². The van der Waals surface area contributed by atoms with E-state index in [0.717, 1.165) is 31.4 Å². The summed E-state index contributed by atoms with van der Waals surface area (Å²) in [5.41, 5.74) is 0.916. The number of esters is 1. The third-order valence-electron chi connectivity index (χ3n) is 6.07. The van der Waals surface area contributed by atoms with Gasteiger partial charge in [-0.2, -0.15) is 0 Å². The van der Waals surface area contributed by atoms with E-state index in [-0.39, 0.29) is 29.7 Å². The summed E-state index contributed by atoms with van der Waals surface area (Å²) in [5.74, 6) is 0.945. The van der Waals surface area contributed by atoms with E-state index in [1.54, 1.807) is 14.2 Å². The van der Waals surface area contributed by atoms with Crippen molar-refractivity contribution in [3.05, 3.63) is 42.2 Å². The molecule has 0 saturated carbocycles. The van der Waals surface area contributed by atoms with Gasteiger partial charge in [0.2, 0.25) is 0 Å². The summed E-state index contributed by atoms with van der Waals surface area (Å²) in [4.78, 5) is 11.4. The van der Waals surface area contributed by atoms with Crippen LogP contribution in [0.4, 0.5) is 0 Å². The average Bonchev–Trinajstić information content (AvgIpc) is 2.75. The van der Waals surface area contributed by atoms with Crippen molar-refractivity contribution in [1.29, 1.82) is 0 Å². The fourth-order valence-electron chi connectivity index (χ4n) is 3.87. The Hall–Kier alpha value is -1.85. The van der Waals surface area contributed by atoms with Crippen molar-refractivity contribution < 1.29 is 23.7 Å². The predicted octanol–water partition coefficient (Wildman–Crippen LogP) is 6.59. The Labute approximate surface area is 195 Å². The Bertz CT molecular complexity index is 680. The summed E-state index contributed by atoms with van der Waals surface area (Å²) in [6, 6.07) is 8.17. The number of carbonyl (C=O) groups is 1. The number of hydrogen-bond acceptors (Lipinski definition) is 5. The van der Waals surface area contributed by atoms with E-state index in [1.165, 1.54) is 25.3 Å². The highest BCUT2D eigenvalue weighted by Crippen LogP contribution is 2.35. The van der Waals surface area contributed by atoms with Crippen molar-refractivity contribution in [3.63, 3.8) is 0 Å². The van der Waals surface area contributed by atoms with Gasteiger partial charge >= 0.3 is 5.97 Å². The number of carbonyl (C=O) groups excluding carboxylic acids is 1. The Kier molecular flexibility index (Phi) is 12.6. The third kappa shape index (κ3) is 9.74. The molecule has 0 aliphatic rings. The monoisotopic (exact) mass is 448 g/mol. The van der Waals surface area contributed by atoms with Crippen LogP contribution in [0.25, 0.3) is 0 Å². The molecule has 3 atom stereocenters. The summed E-state index contributed by atoms with van der Waals surface area (Å²) >= 11 is 0. The molecule has 5 heteroatoms. The lowest BCUT2D eigenvalue weighted by Crippen LogP contribution is -2.41. The quantitative estimate of drug-likeness (QED) is 0.162. The molecule has 0 bridgehead atoms. The number of unbranched alkanes of at least 4 members (excludes halogenated alkanes) is 3. The van der Waals surface area contributed by atoms with Crippen LogP contribution in [0.2, 0.25) is 0 Å². The molecule has 0 fully saturated rings. The Morgan fingerprint density at radius 3 is 2.28 bits per heavy atom. The third-order valence-corrected chi connectivity index (χ3v) is 6.07. The fourth-order valence-corrected chi connectivity index (χ4v) is 3.87. The van der Waals surface area contributed by atoms with Gasteiger partial charge in [0.25, 0.3) is 0 Å². The van der Waals surface area contributed by atoms with Crippen molar-refractivity contribution in [2.45, 2.75) is 103 Å². The Morgan fingerprint density at radius 1 is 1.09 bits per heavy atom. The van der Waals surface area contributed by atoms with Gasteiger partial charge in [0.05, 0.1) is 25.4 Å². The van der Waals surface area contributed by atoms with Crippen molar-refractivity contribution in [3.8, 4) is 5.75 Å². The molecule has 1 aromatic rings. The van der Waals surface area contributed by atoms with Crippen LogP contribution in [0.3, 0.4) is 0 Å². The minimum Gasteiger partial charge on any atom is -0.497 e. The van der Waals surface area contributed by atoms with Gasteiger partial charge in [-0.15, -0.1) is 0 Å². The smallest absolute Gasteiger partial charge is 0.307 e. The van der Waals surface area contributed by atoms with E-state index in [0.29, 0.717) is 12.2 Å². The molecule has 0 N–H and O–H groups in total.